The number of hydrogen-bond acceptors (Lipinski definition) is 2. The zero-order valence-electron chi connectivity index (χ0n) is 30.8. The molecule has 0 saturated carbocycles. The van der Waals surface area contributed by atoms with Crippen molar-refractivity contribution >= 4 is 38.7 Å². The third-order valence-corrected chi connectivity index (χ3v) is 11.4. The van der Waals surface area contributed by atoms with Crippen molar-refractivity contribution in [2.45, 2.75) is 19.3 Å². The molecule has 1 heterocycles. The Balaban J connectivity index is 1.12. The first-order chi connectivity index (χ1) is 27.0. The van der Waals surface area contributed by atoms with Gasteiger partial charge in [-0.1, -0.05) is 147 Å². The van der Waals surface area contributed by atoms with Crippen LogP contribution in [0.3, 0.4) is 0 Å². The van der Waals surface area contributed by atoms with Gasteiger partial charge in [-0.2, -0.15) is 0 Å². The normalized spacial score (nSPS) is 12.8. The lowest BCUT2D eigenvalue weighted by Gasteiger charge is -2.29. The summed E-state index contributed by atoms with van der Waals surface area (Å²) in [6.45, 7) is 4.67. The highest BCUT2D eigenvalue weighted by molar-refractivity contribution is 6.07. The summed E-state index contributed by atoms with van der Waals surface area (Å²) in [5.74, 6) is 0. The van der Waals surface area contributed by atoms with Crippen LogP contribution in [0.5, 0.6) is 0 Å². The second-order valence-electron chi connectivity index (χ2n) is 14.9. The van der Waals surface area contributed by atoms with Crippen LogP contribution in [0.1, 0.15) is 25.0 Å². The average molecular weight is 707 g/mol. The van der Waals surface area contributed by atoms with Crippen molar-refractivity contribution in [3.63, 3.8) is 0 Å². The van der Waals surface area contributed by atoms with Crippen molar-refractivity contribution in [1.29, 1.82) is 0 Å². The SMILES string of the molecule is CC1(C)c2ccccc2-c2c(N(c3ccc(-c4ccccc4)cc3)c3ccc(-c4ccc5c(c4)c4ccccc4c(=O)n5-c4ccccc4)cc3)cccc21. The van der Waals surface area contributed by atoms with Gasteiger partial charge >= 0.3 is 0 Å². The Morgan fingerprint density at radius 2 is 1.00 bits per heavy atom. The third-order valence-electron chi connectivity index (χ3n) is 11.4. The number of benzene rings is 8. The molecule has 3 nitrogen and oxygen atoms in total. The fourth-order valence-corrected chi connectivity index (χ4v) is 8.68. The van der Waals surface area contributed by atoms with E-state index in [1.54, 1.807) is 0 Å². The number of fused-ring (bicyclic) bond motifs is 6. The molecule has 9 aromatic rings. The molecular formula is C52H38N2O. The van der Waals surface area contributed by atoms with E-state index in [-0.39, 0.29) is 11.0 Å². The van der Waals surface area contributed by atoms with Crippen molar-refractivity contribution in [3.8, 4) is 39.1 Å². The molecule has 1 aliphatic rings. The topological polar surface area (TPSA) is 25.2 Å². The van der Waals surface area contributed by atoms with Gasteiger partial charge in [-0.25, -0.2) is 0 Å². The first kappa shape index (κ1) is 32.7. The van der Waals surface area contributed by atoms with Crippen LogP contribution in [-0.4, -0.2) is 4.57 Å². The van der Waals surface area contributed by atoms with Crippen LogP contribution in [-0.2, 0) is 5.41 Å². The maximum Gasteiger partial charge on any atom is 0.263 e. The molecule has 0 unspecified atom stereocenters. The molecule has 0 spiro atoms. The lowest BCUT2D eigenvalue weighted by molar-refractivity contribution is 0.660. The summed E-state index contributed by atoms with van der Waals surface area (Å²) in [7, 11) is 0. The molecule has 55 heavy (non-hydrogen) atoms. The molecule has 10 rings (SSSR count). The second kappa shape index (κ2) is 12.9. The zero-order chi connectivity index (χ0) is 37.1. The predicted molar refractivity (Wildman–Crippen MR) is 230 cm³/mol. The standard InChI is InChI=1S/C52H38N2O/c1-52(2)46-21-12-11-20-44(46)50-47(52)22-13-23-49(50)53(40-29-24-36(25-30-40)35-14-5-3-6-15-35)41-31-26-37(27-32-41)38-28-33-48-45(34-38)42-18-9-10-19-43(42)51(55)54(48)39-16-7-4-8-17-39/h3-34H,1-2H3. The van der Waals surface area contributed by atoms with Gasteiger partial charge < -0.3 is 4.90 Å². The lowest BCUT2D eigenvalue weighted by atomic mass is 9.82. The van der Waals surface area contributed by atoms with E-state index in [0.29, 0.717) is 5.39 Å². The Bertz CT molecular complexity index is 2940. The minimum absolute atomic E-state index is 0.0123. The third kappa shape index (κ3) is 5.31. The van der Waals surface area contributed by atoms with Crippen LogP contribution >= 0.6 is 0 Å². The van der Waals surface area contributed by atoms with E-state index in [1.807, 2.05) is 53.1 Å². The van der Waals surface area contributed by atoms with Gasteiger partial charge in [0.1, 0.15) is 0 Å². The molecule has 0 N–H and O–H groups in total. The second-order valence-corrected chi connectivity index (χ2v) is 14.9. The number of anilines is 3. The van der Waals surface area contributed by atoms with Gasteiger partial charge in [-0.3, -0.25) is 9.36 Å². The lowest BCUT2D eigenvalue weighted by Crippen LogP contribution is -2.19. The molecule has 0 fully saturated rings. The first-order valence-corrected chi connectivity index (χ1v) is 18.9. The van der Waals surface area contributed by atoms with Gasteiger partial charge in [0.25, 0.3) is 5.56 Å². The van der Waals surface area contributed by atoms with Crippen LogP contribution < -0.4 is 10.5 Å². The number of nitrogens with zero attached hydrogens (tertiary/aromatic N) is 2. The van der Waals surface area contributed by atoms with Crippen molar-refractivity contribution in [2.24, 2.45) is 0 Å². The minimum atomic E-state index is -0.111. The quantitative estimate of drug-likeness (QED) is 0.161. The molecule has 1 aromatic heterocycles. The van der Waals surface area contributed by atoms with E-state index in [2.05, 4.69) is 164 Å². The van der Waals surface area contributed by atoms with Crippen molar-refractivity contribution in [2.75, 3.05) is 4.90 Å². The molecule has 0 saturated heterocycles. The van der Waals surface area contributed by atoms with Gasteiger partial charge in [0, 0.05) is 38.8 Å². The van der Waals surface area contributed by atoms with Crippen LogP contribution in [0.15, 0.2) is 199 Å². The predicted octanol–water partition coefficient (Wildman–Crippen LogP) is 13.3. The highest BCUT2D eigenvalue weighted by Crippen LogP contribution is 2.54. The molecule has 0 bridgehead atoms. The van der Waals surface area contributed by atoms with Crippen LogP contribution in [0.2, 0.25) is 0 Å². The molecule has 0 radical (unpaired) electrons. The number of rotatable bonds is 6. The van der Waals surface area contributed by atoms with Crippen molar-refractivity contribution in [3.05, 3.63) is 216 Å². The van der Waals surface area contributed by atoms with E-state index in [1.165, 1.54) is 33.4 Å². The summed E-state index contributed by atoms with van der Waals surface area (Å²) >= 11 is 0. The fourth-order valence-electron chi connectivity index (χ4n) is 8.68. The average Bonchev–Trinajstić information content (AvgIpc) is 3.48. The Hall–Kier alpha value is -6.97. The highest BCUT2D eigenvalue weighted by atomic mass is 16.1. The highest BCUT2D eigenvalue weighted by Gasteiger charge is 2.37. The summed E-state index contributed by atoms with van der Waals surface area (Å²) in [5.41, 5.74) is 14.8. The molecular weight excluding hydrogens is 669 g/mol. The largest absolute Gasteiger partial charge is 0.310 e. The smallest absolute Gasteiger partial charge is 0.263 e. The van der Waals surface area contributed by atoms with Crippen LogP contribution in [0.4, 0.5) is 17.1 Å². The van der Waals surface area contributed by atoms with E-state index < -0.39 is 0 Å². The molecule has 262 valence electrons. The summed E-state index contributed by atoms with van der Waals surface area (Å²) in [6.07, 6.45) is 0. The van der Waals surface area contributed by atoms with Crippen LogP contribution in [0, 0.1) is 0 Å². The molecule has 3 heteroatoms. The summed E-state index contributed by atoms with van der Waals surface area (Å²) < 4.78 is 1.84. The molecule has 0 aliphatic heterocycles. The van der Waals surface area contributed by atoms with E-state index in [4.69, 9.17) is 0 Å². The van der Waals surface area contributed by atoms with Crippen molar-refractivity contribution in [1.82, 2.24) is 4.57 Å². The van der Waals surface area contributed by atoms with Crippen molar-refractivity contribution < 1.29 is 0 Å². The van der Waals surface area contributed by atoms with Gasteiger partial charge in [0.2, 0.25) is 0 Å². The fraction of sp³-hybridized carbons (Fsp3) is 0.0577. The molecule has 8 aromatic carbocycles. The maximum atomic E-state index is 13.9. The first-order valence-electron chi connectivity index (χ1n) is 18.9. The number of aromatic nitrogens is 1. The van der Waals surface area contributed by atoms with E-state index in [9.17, 15) is 4.79 Å². The van der Waals surface area contributed by atoms with Crippen LogP contribution in [0.25, 0.3) is 60.7 Å². The Morgan fingerprint density at radius 3 is 1.71 bits per heavy atom. The summed E-state index contributed by atoms with van der Waals surface area (Å²) in [5, 5.41) is 2.71. The van der Waals surface area contributed by atoms with Gasteiger partial charge in [0.05, 0.1) is 11.2 Å². The van der Waals surface area contributed by atoms with Gasteiger partial charge in [-0.05, 0) is 105 Å². The number of para-hydroxylation sites is 1. The zero-order valence-corrected chi connectivity index (χ0v) is 30.8. The molecule has 0 atom stereocenters. The molecule has 1 aliphatic carbocycles. The molecule has 0 amide bonds. The Morgan fingerprint density at radius 1 is 0.455 bits per heavy atom. The summed E-state index contributed by atoms with van der Waals surface area (Å²) in [6, 6.07) is 68.3. The maximum absolute atomic E-state index is 13.9. The van der Waals surface area contributed by atoms with E-state index in [0.717, 1.165) is 50.2 Å². The minimum Gasteiger partial charge on any atom is -0.310 e. The number of hydrogen-bond donors (Lipinski definition) is 0. The summed E-state index contributed by atoms with van der Waals surface area (Å²) in [4.78, 5) is 16.3. The number of pyridine rings is 1. The van der Waals surface area contributed by atoms with Gasteiger partial charge in [0.15, 0.2) is 0 Å². The van der Waals surface area contributed by atoms with Gasteiger partial charge in [-0.15, -0.1) is 0 Å². The Kier molecular flexibility index (Phi) is 7.64. The monoisotopic (exact) mass is 706 g/mol. The van der Waals surface area contributed by atoms with E-state index >= 15 is 0 Å². The Labute approximate surface area is 321 Å².